The monoisotopic (exact) mass is 314 g/mol. The molecule has 0 radical (unpaired) electrons. The molecule has 0 unspecified atom stereocenters. The summed E-state index contributed by atoms with van der Waals surface area (Å²) in [5.74, 6) is 0.542. The highest BCUT2D eigenvalue weighted by atomic mass is 16.3. The van der Waals surface area contributed by atoms with Crippen LogP contribution >= 0.6 is 0 Å². The molecule has 1 aromatic rings. The fourth-order valence-electron chi connectivity index (χ4n) is 2.35. The standard InChI is InChI=1S/C21H30O2/c1-17(2)9-5-10-18(3)11-6-12-19(4)13-7-14-20(22)21-15-8-16-23-21/h8-9,11,13,15-16H,5-7,10,12,14H2,1-4H3. The van der Waals surface area contributed by atoms with E-state index >= 15 is 0 Å². The Morgan fingerprint density at radius 3 is 2.00 bits per heavy atom. The SMILES string of the molecule is CC(C)=CCCC(C)=CCCC(C)=CCCC(=O)c1ccco1. The summed E-state index contributed by atoms with van der Waals surface area (Å²) in [6.07, 6.45) is 14.1. The van der Waals surface area contributed by atoms with Crippen LogP contribution in [0.15, 0.2) is 57.8 Å². The van der Waals surface area contributed by atoms with Crippen molar-refractivity contribution in [3.05, 3.63) is 59.1 Å². The van der Waals surface area contributed by atoms with Gasteiger partial charge in [-0.05, 0) is 71.9 Å². The molecule has 0 atom stereocenters. The highest BCUT2D eigenvalue weighted by Crippen LogP contribution is 2.13. The first-order valence-electron chi connectivity index (χ1n) is 8.50. The number of allylic oxidation sites excluding steroid dienone is 6. The first kappa shape index (κ1) is 19.2. The van der Waals surface area contributed by atoms with E-state index in [9.17, 15) is 4.79 Å². The maximum atomic E-state index is 11.8. The minimum atomic E-state index is 0.0778. The molecule has 0 fully saturated rings. The van der Waals surface area contributed by atoms with Crippen LogP contribution < -0.4 is 0 Å². The normalized spacial score (nSPS) is 12.3. The van der Waals surface area contributed by atoms with Gasteiger partial charge in [0.1, 0.15) is 0 Å². The van der Waals surface area contributed by atoms with Crippen molar-refractivity contribution >= 4 is 5.78 Å². The Hall–Kier alpha value is -1.83. The summed E-state index contributed by atoms with van der Waals surface area (Å²) < 4.78 is 5.11. The third-order valence-electron chi connectivity index (χ3n) is 3.78. The Labute approximate surface area is 141 Å². The lowest BCUT2D eigenvalue weighted by Gasteiger charge is -2.01. The minimum Gasteiger partial charge on any atom is -0.461 e. The van der Waals surface area contributed by atoms with Gasteiger partial charge in [0.25, 0.3) is 0 Å². The molecule has 23 heavy (non-hydrogen) atoms. The van der Waals surface area contributed by atoms with Crippen molar-refractivity contribution < 1.29 is 9.21 Å². The fraction of sp³-hybridized carbons (Fsp3) is 0.476. The zero-order chi connectivity index (χ0) is 17.1. The van der Waals surface area contributed by atoms with Crippen molar-refractivity contribution in [3.63, 3.8) is 0 Å². The molecule has 0 spiro atoms. The van der Waals surface area contributed by atoms with E-state index in [2.05, 4.69) is 45.9 Å². The molecule has 1 aromatic heterocycles. The van der Waals surface area contributed by atoms with Crippen LogP contribution in [0.2, 0.25) is 0 Å². The number of rotatable bonds is 10. The Bertz CT molecular complexity index is 553. The Kier molecular flexibility index (Phi) is 9.04. The van der Waals surface area contributed by atoms with E-state index in [0.717, 1.165) is 32.1 Å². The van der Waals surface area contributed by atoms with Gasteiger partial charge in [-0.15, -0.1) is 0 Å². The van der Waals surface area contributed by atoms with E-state index in [-0.39, 0.29) is 5.78 Å². The van der Waals surface area contributed by atoms with Gasteiger partial charge in [0.15, 0.2) is 11.5 Å². The Balaban J connectivity index is 2.23. The lowest BCUT2D eigenvalue weighted by molar-refractivity contribution is 0.0957. The molecule has 0 N–H and O–H groups in total. The number of carbonyl (C=O) groups is 1. The molecule has 1 rings (SSSR count). The molecule has 0 aliphatic carbocycles. The molecule has 0 aromatic carbocycles. The van der Waals surface area contributed by atoms with Crippen LogP contribution in [-0.2, 0) is 0 Å². The third kappa shape index (κ3) is 9.02. The second-order valence-electron chi connectivity index (χ2n) is 6.40. The number of hydrogen-bond acceptors (Lipinski definition) is 2. The predicted molar refractivity (Wildman–Crippen MR) is 97.7 cm³/mol. The van der Waals surface area contributed by atoms with E-state index < -0.39 is 0 Å². The topological polar surface area (TPSA) is 30.2 Å². The van der Waals surface area contributed by atoms with Crippen LogP contribution in [0.3, 0.4) is 0 Å². The van der Waals surface area contributed by atoms with Gasteiger partial charge in [-0.1, -0.05) is 34.9 Å². The number of hydrogen-bond donors (Lipinski definition) is 0. The average molecular weight is 314 g/mol. The van der Waals surface area contributed by atoms with Crippen molar-refractivity contribution in [3.8, 4) is 0 Å². The van der Waals surface area contributed by atoms with E-state index in [4.69, 9.17) is 4.42 Å². The largest absolute Gasteiger partial charge is 0.461 e. The van der Waals surface area contributed by atoms with Crippen LogP contribution in [0.5, 0.6) is 0 Å². The van der Waals surface area contributed by atoms with Gasteiger partial charge < -0.3 is 4.42 Å². The lowest BCUT2D eigenvalue weighted by atomic mass is 10.0. The van der Waals surface area contributed by atoms with Crippen molar-refractivity contribution in [1.29, 1.82) is 0 Å². The lowest BCUT2D eigenvalue weighted by Crippen LogP contribution is -1.95. The predicted octanol–water partition coefficient (Wildman–Crippen LogP) is 6.66. The molecule has 0 aliphatic rings. The van der Waals surface area contributed by atoms with Crippen LogP contribution in [0.25, 0.3) is 0 Å². The quantitative estimate of drug-likeness (QED) is 0.357. The van der Waals surface area contributed by atoms with Gasteiger partial charge in [-0.25, -0.2) is 0 Å². The van der Waals surface area contributed by atoms with Gasteiger partial charge in [-0.3, -0.25) is 4.79 Å². The van der Waals surface area contributed by atoms with Crippen molar-refractivity contribution in [2.24, 2.45) is 0 Å². The minimum absolute atomic E-state index is 0.0778. The number of carbonyl (C=O) groups excluding carboxylic acids is 1. The summed E-state index contributed by atoms with van der Waals surface area (Å²) in [5.41, 5.74) is 4.20. The Morgan fingerprint density at radius 1 is 0.913 bits per heavy atom. The van der Waals surface area contributed by atoms with E-state index in [0.29, 0.717) is 12.2 Å². The van der Waals surface area contributed by atoms with Gasteiger partial charge in [0.2, 0.25) is 0 Å². The van der Waals surface area contributed by atoms with Gasteiger partial charge in [-0.2, -0.15) is 0 Å². The maximum Gasteiger partial charge on any atom is 0.198 e. The highest BCUT2D eigenvalue weighted by Gasteiger charge is 2.06. The second-order valence-corrected chi connectivity index (χ2v) is 6.40. The third-order valence-corrected chi connectivity index (χ3v) is 3.78. The summed E-state index contributed by atoms with van der Waals surface area (Å²) in [4.78, 5) is 11.8. The van der Waals surface area contributed by atoms with E-state index in [1.807, 2.05) is 0 Å². The summed E-state index contributed by atoms with van der Waals surface area (Å²) in [6, 6.07) is 3.47. The summed E-state index contributed by atoms with van der Waals surface area (Å²) >= 11 is 0. The summed E-state index contributed by atoms with van der Waals surface area (Å²) in [7, 11) is 0. The van der Waals surface area contributed by atoms with Gasteiger partial charge in [0, 0.05) is 6.42 Å². The van der Waals surface area contributed by atoms with Crippen LogP contribution in [0, 0.1) is 0 Å². The molecular formula is C21H30O2. The van der Waals surface area contributed by atoms with Crippen LogP contribution in [0.1, 0.15) is 76.8 Å². The van der Waals surface area contributed by atoms with Crippen molar-refractivity contribution in [2.45, 2.75) is 66.2 Å². The first-order chi connectivity index (χ1) is 11.0. The number of furan rings is 1. The fourth-order valence-corrected chi connectivity index (χ4v) is 2.35. The summed E-state index contributed by atoms with van der Waals surface area (Å²) in [6.45, 7) is 8.64. The molecule has 126 valence electrons. The average Bonchev–Trinajstić information content (AvgIpc) is 3.01. The van der Waals surface area contributed by atoms with Crippen LogP contribution in [0.4, 0.5) is 0 Å². The maximum absolute atomic E-state index is 11.8. The van der Waals surface area contributed by atoms with Gasteiger partial charge >= 0.3 is 0 Å². The molecule has 2 heteroatoms. The highest BCUT2D eigenvalue weighted by molar-refractivity contribution is 5.93. The smallest absolute Gasteiger partial charge is 0.198 e. The molecule has 0 bridgehead atoms. The van der Waals surface area contributed by atoms with Crippen molar-refractivity contribution in [1.82, 2.24) is 0 Å². The Morgan fingerprint density at radius 2 is 1.48 bits per heavy atom. The summed E-state index contributed by atoms with van der Waals surface area (Å²) in [5, 5.41) is 0. The second kappa shape index (κ2) is 10.8. The number of ketones is 1. The molecule has 0 saturated heterocycles. The first-order valence-corrected chi connectivity index (χ1v) is 8.50. The van der Waals surface area contributed by atoms with Crippen LogP contribution in [-0.4, -0.2) is 5.78 Å². The van der Waals surface area contributed by atoms with Crippen molar-refractivity contribution in [2.75, 3.05) is 0 Å². The van der Waals surface area contributed by atoms with E-state index in [1.54, 1.807) is 18.4 Å². The zero-order valence-electron chi connectivity index (χ0n) is 15.0. The zero-order valence-corrected chi connectivity index (χ0v) is 15.0. The van der Waals surface area contributed by atoms with Gasteiger partial charge in [0.05, 0.1) is 6.26 Å². The molecule has 0 aliphatic heterocycles. The molecular weight excluding hydrogens is 284 g/mol. The van der Waals surface area contributed by atoms with E-state index in [1.165, 1.54) is 16.7 Å². The molecule has 0 saturated carbocycles. The molecule has 1 heterocycles. The molecule has 0 amide bonds. The molecule has 2 nitrogen and oxygen atoms in total. The number of Topliss-reactive ketones (excluding diaryl/α,β-unsaturated/α-hetero) is 1.